The molecule has 0 bridgehead atoms. The molecule has 4 heterocycles. The molecule has 1 N–H and O–H groups in total. The summed E-state index contributed by atoms with van der Waals surface area (Å²) < 4.78 is 8.01. The van der Waals surface area contributed by atoms with E-state index in [0.29, 0.717) is 6.42 Å². The maximum Gasteiger partial charge on any atom is 0.266 e. The third kappa shape index (κ3) is 3.18. The Balaban J connectivity index is 1.47. The van der Waals surface area contributed by atoms with Crippen LogP contribution in [0, 0.1) is 0 Å². The van der Waals surface area contributed by atoms with Crippen LogP contribution >= 0.6 is 11.6 Å². The van der Waals surface area contributed by atoms with Crippen LogP contribution in [0.5, 0.6) is 0 Å². The quantitative estimate of drug-likeness (QED) is 0.901. The predicted molar refractivity (Wildman–Crippen MR) is 95.2 cm³/mol. The highest BCUT2D eigenvalue weighted by molar-refractivity contribution is 6.30. The Kier molecular flexibility index (Phi) is 4.29. The van der Waals surface area contributed by atoms with Crippen LogP contribution in [-0.2, 0) is 18.2 Å². The highest BCUT2D eigenvalue weighted by Crippen LogP contribution is 2.36. The number of piperidine rings is 1. The standard InChI is InChI=1S/C17H22ClN5O2/c1-22-14(10-12-9-13(18)15(24)19-11-12)20-21-16(22)23-6-4-17(5-7-23)3-2-8-25-17/h9,11H,2-8,10H2,1H3,(H,19,24). The van der Waals surface area contributed by atoms with Gasteiger partial charge in [0, 0.05) is 39.4 Å². The lowest BCUT2D eigenvalue weighted by Crippen LogP contribution is -2.44. The van der Waals surface area contributed by atoms with E-state index in [2.05, 4.69) is 20.1 Å². The molecular formula is C17H22ClN5O2. The third-order valence-corrected chi connectivity index (χ3v) is 5.65. The van der Waals surface area contributed by atoms with E-state index >= 15 is 0 Å². The van der Waals surface area contributed by atoms with Gasteiger partial charge in [-0.05, 0) is 37.3 Å². The minimum Gasteiger partial charge on any atom is -0.375 e. The fourth-order valence-corrected chi connectivity index (χ4v) is 4.02. The molecule has 25 heavy (non-hydrogen) atoms. The van der Waals surface area contributed by atoms with Crippen molar-refractivity contribution < 1.29 is 4.74 Å². The number of rotatable bonds is 3. The van der Waals surface area contributed by atoms with Crippen molar-refractivity contribution in [1.82, 2.24) is 19.7 Å². The molecule has 2 aromatic rings. The van der Waals surface area contributed by atoms with E-state index in [1.165, 1.54) is 12.8 Å². The van der Waals surface area contributed by atoms with Crippen LogP contribution in [0.15, 0.2) is 17.1 Å². The summed E-state index contributed by atoms with van der Waals surface area (Å²) in [5.41, 5.74) is 0.731. The molecule has 0 atom stereocenters. The second kappa shape index (κ2) is 6.46. The molecule has 2 aliphatic heterocycles. The van der Waals surface area contributed by atoms with E-state index in [1.807, 2.05) is 11.6 Å². The molecule has 2 fully saturated rings. The van der Waals surface area contributed by atoms with Crippen LogP contribution in [-0.4, -0.2) is 45.0 Å². The molecule has 2 aromatic heterocycles. The summed E-state index contributed by atoms with van der Waals surface area (Å²) >= 11 is 5.90. The fraction of sp³-hybridized carbons (Fsp3) is 0.588. The third-order valence-electron chi connectivity index (χ3n) is 5.36. The first-order valence-electron chi connectivity index (χ1n) is 8.71. The van der Waals surface area contributed by atoms with Crippen LogP contribution in [0.4, 0.5) is 5.95 Å². The Hall–Kier alpha value is -1.86. The number of anilines is 1. The monoisotopic (exact) mass is 363 g/mol. The summed E-state index contributed by atoms with van der Waals surface area (Å²) in [4.78, 5) is 16.3. The fourth-order valence-electron chi connectivity index (χ4n) is 3.83. The van der Waals surface area contributed by atoms with Crippen molar-refractivity contribution >= 4 is 17.5 Å². The van der Waals surface area contributed by atoms with E-state index in [1.54, 1.807) is 12.3 Å². The first kappa shape index (κ1) is 16.6. The summed E-state index contributed by atoms with van der Waals surface area (Å²) in [6.07, 6.45) is 6.69. The smallest absolute Gasteiger partial charge is 0.266 e. The Bertz CT molecular complexity index is 815. The van der Waals surface area contributed by atoms with Crippen molar-refractivity contribution in [3.63, 3.8) is 0 Å². The van der Waals surface area contributed by atoms with Gasteiger partial charge in [-0.25, -0.2) is 0 Å². The maximum atomic E-state index is 11.4. The van der Waals surface area contributed by atoms with Gasteiger partial charge in [-0.2, -0.15) is 0 Å². The lowest BCUT2D eigenvalue weighted by atomic mass is 9.89. The van der Waals surface area contributed by atoms with Gasteiger partial charge >= 0.3 is 0 Å². The molecule has 0 unspecified atom stereocenters. The van der Waals surface area contributed by atoms with E-state index < -0.39 is 0 Å². The van der Waals surface area contributed by atoms with E-state index in [-0.39, 0.29) is 16.2 Å². The number of hydrogen-bond donors (Lipinski definition) is 1. The number of nitrogens with zero attached hydrogens (tertiary/aromatic N) is 4. The average Bonchev–Trinajstić information content (AvgIpc) is 3.20. The highest BCUT2D eigenvalue weighted by Gasteiger charge is 2.39. The van der Waals surface area contributed by atoms with Gasteiger partial charge in [0.25, 0.3) is 5.56 Å². The minimum absolute atomic E-state index is 0.102. The zero-order valence-electron chi connectivity index (χ0n) is 14.3. The lowest BCUT2D eigenvalue weighted by Gasteiger charge is -2.38. The molecule has 134 valence electrons. The number of hydrogen-bond acceptors (Lipinski definition) is 5. The molecule has 0 saturated carbocycles. The molecule has 0 radical (unpaired) electrons. The molecule has 0 amide bonds. The Morgan fingerprint density at radius 1 is 1.32 bits per heavy atom. The van der Waals surface area contributed by atoms with Crippen molar-refractivity contribution in [2.75, 3.05) is 24.6 Å². The van der Waals surface area contributed by atoms with E-state index in [0.717, 1.165) is 49.9 Å². The molecule has 2 aliphatic rings. The summed E-state index contributed by atoms with van der Waals surface area (Å²) in [6.45, 7) is 2.78. The largest absolute Gasteiger partial charge is 0.375 e. The SMILES string of the molecule is Cn1c(Cc2c[nH]c(=O)c(Cl)c2)nnc1N1CCC2(CCCO2)CC1. The second-order valence-corrected chi connectivity index (χ2v) is 7.37. The number of nitrogens with one attached hydrogen (secondary N) is 1. The van der Waals surface area contributed by atoms with Crippen LogP contribution in [0.1, 0.15) is 37.1 Å². The molecular weight excluding hydrogens is 342 g/mol. The second-order valence-electron chi connectivity index (χ2n) is 6.96. The Morgan fingerprint density at radius 3 is 2.80 bits per heavy atom. The normalized spacial score (nSPS) is 19.7. The Morgan fingerprint density at radius 2 is 2.12 bits per heavy atom. The van der Waals surface area contributed by atoms with Gasteiger partial charge in [0.1, 0.15) is 10.8 Å². The number of halogens is 1. The van der Waals surface area contributed by atoms with E-state index in [4.69, 9.17) is 16.3 Å². The lowest BCUT2D eigenvalue weighted by molar-refractivity contribution is -0.0148. The summed E-state index contributed by atoms with van der Waals surface area (Å²) in [6, 6.07) is 1.68. The van der Waals surface area contributed by atoms with Gasteiger partial charge in [-0.1, -0.05) is 11.6 Å². The predicted octanol–water partition coefficient (Wildman–Crippen LogP) is 1.90. The molecule has 7 nitrogen and oxygen atoms in total. The summed E-state index contributed by atoms with van der Waals surface area (Å²) in [5, 5.41) is 8.91. The molecule has 0 aromatic carbocycles. The molecule has 2 saturated heterocycles. The first-order valence-corrected chi connectivity index (χ1v) is 9.08. The van der Waals surface area contributed by atoms with Crippen LogP contribution in [0.3, 0.4) is 0 Å². The average molecular weight is 364 g/mol. The van der Waals surface area contributed by atoms with Gasteiger partial charge in [0.05, 0.1) is 5.60 Å². The zero-order valence-corrected chi connectivity index (χ0v) is 15.1. The number of ether oxygens (including phenoxy) is 1. The van der Waals surface area contributed by atoms with Gasteiger partial charge in [0.15, 0.2) is 0 Å². The van der Waals surface area contributed by atoms with Gasteiger partial charge in [-0.15, -0.1) is 10.2 Å². The van der Waals surface area contributed by atoms with Crippen LogP contribution in [0.25, 0.3) is 0 Å². The van der Waals surface area contributed by atoms with Gasteiger partial charge in [0.2, 0.25) is 5.95 Å². The maximum absolute atomic E-state index is 11.4. The molecule has 8 heteroatoms. The topological polar surface area (TPSA) is 76.0 Å². The first-order chi connectivity index (χ1) is 12.1. The van der Waals surface area contributed by atoms with Crippen molar-refractivity contribution in [3.8, 4) is 0 Å². The van der Waals surface area contributed by atoms with Crippen molar-refractivity contribution in [2.45, 2.75) is 37.7 Å². The zero-order chi connectivity index (χ0) is 17.4. The highest BCUT2D eigenvalue weighted by atomic mass is 35.5. The van der Waals surface area contributed by atoms with E-state index in [9.17, 15) is 4.79 Å². The van der Waals surface area contributed by atoms with Crippen molar-refractivity contribution in [3.05, 3.63) is 39.0 Å². The number of aromatic amines is 1. The van der Waals surface area contributed by atoms with Crippen LogP contribution in [0.2, 0.25) is 5.02 Å². The van der Waals surface area contributed by atoms with Crippen molar-refractivity contribution in [2.24, 2.45) is 7.05 Å². The molecule has 0 aliphatic carbocycles. The van der Waals surface area contributed by atoms with Gasteiger partial charge in [-0.3, -0.25) is 4.79 Å². The Labute approximate surface area is 151 Å². The summed E-state index contributed by atoms with van der Waals surface area (Å²) in [5.74, 6) is 1.73. The number of pyridine rings is 1. The number of H-pyrrole nitrogens is 1. The number of aromatic nitrogens is 4. The molecule has 1 spiro atoms. The molecule has 4 rings (SSSR count). The minimum atomic E-state index is -0.277. The van der Waals surface area contributed by atoms with Crippen molar-refractivity contribution in [1.29, 1.82) is 0 Å². The van der Waals surface area contributed by atoms with Crippen LogP contribution < -0.4 is 10.5 Å². The summed E-state index contributed by atoms with van der Waals surface area (Å²) in [7, 11) is 1.98. The van der Waals surface area contributed by atoms with Gasteiger partial charge < -0.3 is 19.2 Å².